The molecule has 1 aliphatic heterocycles. The van der Waals surface area contributed by atoms with Crippen LogP contribution in [0.15, 0.2) is 42.4 Å². The highest BCUT2D eigenvalue weighted by atomic mass is 16.5. The molecule has 1 atom stereocenters. The summed E-state index contributed by atoms with van der Waals surface area (Å²) >= 11 is 0. The van der Waals surface area contributed by atoms with Crippen LogP contribution in [-0.2, 0) is 4.79 Å². The fourth-order valence-electron chi connectivity index (χ4n) is 2.97. The van der Waals surface area contributed by atoms with Crippen molar-refractivity contribution in [3.05, 3.63) is 53.5 Å². The summed E-state index contributed by atoms with van der Waals surface area (Å²) in [5.41, 5.74) is -2.47. The third-order valence-corrected chi connectivity index (χ3v) is 4.53. The number of ether oxygens (including phenoxy) is 2. The molecule has 0 radical (unpaired) electrons. The standard InChI is InChI=1S/C24H33N3O4/c1-18-7-6-8-19(2)24(18)25-23(29)16-27-13-11-26(12-14-27)15-20(28)17-31-22-10-5-4-9-21(22)30-3/h4-10,20,28H,11-17H2,1-3H3,(H,25,29)/i1D3,2D3,6D,7D,8D,15D2,17D2. The second-order valence-electron chi connectivity index (χ2n) is 6.71. The van der Waals surface area contributed by atoms with E-state index in [9.17, 15) is 9.90 Å². The number of methoxy groups -OCH3 is 1. The Labute approximate surface area is 202 Å². The molecule has 1 amide bonds. The van der Waals surface area contributed by atoms with Crippen molar-refractivity contribution in [2.45, 2.75) is 19.8 Å². The van der Waals surface area contributed by atoms with Crippen LogP contribution in [0.25, 0.3) is 0 Å². The normalized spacial score (nSPS) is 23.9. The zero-order valence-electron chi connectivity index (χ0n) is 30.0. The molecule has 0 aliphatic carbocycles. The summed E-state index contributed by atoms with van der Waals surface area (Å²) in [6.07, 6.45) is -2.27. The predicted molar refractivity (Wildman–Crippen MR) is 122 cm³/mol. The summed E-state index contributed by atoms with van der Waals surface area (Å²) in [6, 6.07) is 3.40. The van der Waals surface area contributed by atoms with Gasteiger partial charge in [0.15, 0.2) is 11.5 Å². The maximum absolute atomic E-state index is 13.0. The van der Waals surface area contributed by atoms with Crippen molar-refractivity contribution in [2.24, 2.45) is 0 Å². The molecule has 0 bridgehead atoms. The van der Waals surface area contributed by atoms with Crippen molar-refractivity contribution in [3.8, 4) is 11.5 Å². The smallest absolute Gasteiger partial charge is 0.238 e. The van der Waals surface area contributed by atoms with Crippen molar-refractivity contribution in [3.63, 3.8) is 0 Å². The van der Waals surface area contributed by atoms with Gasteiger partial charge in [-0.15, -0.1) is 0 Å². The number of aliphatic hydroxyl groups is 1. The van der Waals surface area contributed by atoms with Gasteiger partial charge in [0.25, 0.3) is 0 Å². The number of carbonyl (C=O) groups is 1. The molecule has 1 aliphatic rings. The zero-order chi connectivity index (χ0) is 33.4. The number of nitrogens with one attached hydrogen (secondary N) is 1. The Bertz CT molecular complexity index is 1320. The number of hydrogen-bond donors (Lipinski definition) is 2. The van der Waals surface area contributed by atoms with Gasteiger partial charge in [0, 0.05) is 49.3 Å². The average Bonchev–Trinajstić information content (AvgIpc) is 2.90. The van der Waals surface area contributed by atoms with E-state index in [0.29, 0.717) is 0 Å². The van der Waals surface area contributed by atoms with Gasteiger partial charge in [-0.05, 0) is 37.0 Å². The van der Waals surface area contributed by atoms with Gasteiger partial charge in [-0.2, -0.15) is 0 Å². The van der Waals surface area contributed by atoms with Crippen LogP contribution in [0, 0.1) is 13.7 Å². The van der Waals surface area contributed by atoms with E-state index in [1.807, 2.05) is 0 Å². The van der Waals surface area contributed by atoms with Crippen LogP contribution in [0.5, 0.6) is 11.5 Å². The number of amides is 1. The molecule has 2 N–H and O–H groups in total. The van der Waals surface area contributed by atoms with Crippen molar-refractivity contribution < 1.29 is 37.2 Å². The first-order valence-corrected chi connectivity index (χ1v) is 9.55. The molecule has 1 saturated heterocycles. The van der Waals surface area contributed by atoms with Crippen molar-refractivity contribution in [1.29, 1.82) is 0 Å². The average molecular weight is 441 g/mol. The first-order valence-electron chi connectivity index (χ1n) is 16.0. The Morgan fingerprint density at radius 2 is 1.84 bits per heavy atom. The number of aliphatic hydroxyl groups excluding tert-OH is 1. The summed E-state index contributed by atoms with van der Waals surface area (Å²) in [5, 5.41) is 13.0. The molecular formula is C24H33N3O4. The molecule has 168 valence electrons. The highest BCUT2D eigenvalue weighted by Crippen LogP contribution is 2.25. The highest BCUT2D eigenvalue weighted by molar-refractivity contribution is 5.93. The van der Waals surface area contributed by atoms with E-state index in [0.717, 1.165) is 0 Å². The molecule has 0 saturated carbocycles. The number of rotatable bonds is 9. The number of para-hydroxylation sites is 3. The zero-order valence-corrected chi connectivity index (χ0v) is 17.0. The first kappa shape index (κ1) is 11.3. The molecule has 3 rings (SSSR count). The summed E-state index contributed by atoms with van der Waals surface area (Å²) in [4.78, 5) is 15.7. The van der Waals surface area contributed by atoms with Crippen molar-refractivity contribution in [1.82, 2.24) is 9.80 Å². The number of piperazine rings is 1. The van der Waals surface area contributed by atoms with Gasteiger partial charge >= 0.3 is 0 Å². The van der Waals surface area contributed by atoms with Gasteiger partial charge in [-0.1, -0.05) is 30.3 Å². The number of nitrogens with zero attached hydrogens (tertiary/aromatic N) is 2. The van der Waals surface area contributed by atoms with E-state index in [4.69, 9.17) is 27.3 Å². The molecule has 2 aromatic rings. The van der Waals surface area contributed by atoms with E-state index in [1.54, 1.807) is 17.0 Å². The Hall–Kier alpha value is -2.61. The van der Waals surface area contributed by atoms with E-state index in [1.165, 1.54) is 24.1 Å². The van der Waals surface area contributed by atoms with Crippen molar-refractivity contribution in [2.75, 3.05) is 58.2 Å². The van der Waals surface area contributed by atoms with E-state index in [-0.39, 0.29) is 37.7 Å². The quantitative estimate of drug-likeness (QED) is 0.623. The van der Waals surface area contributed by atoms with E-state index in [2.05, 4.69) is 5.32 Å². The molecule has 7 heteroatoms. The molecule has 1 unspecified atom stereocenters. The fourth-order valence-corrected chi connectivity index (χ4v) is 2.97. The lowest BCUT2D eigenvalue weighted by molar-refractivity contribution is -0.117. The monoisotopic (exact) mass is 440 g/mol. The van der Waals surface area contributed by atoms with Gasteiger partial charge in [0.1, 0.15) is 12.7 Å². The Balaban J connectivity index is 1.73. The van der Waals surface area contributed by atoms with Crippen LogP contribution in [0.4, 0.5) is 5.69 Å². The van der Waals surface area contributed by atoms with Crippen LogP contribution >= 0.6 is 0 Å². The summed E-state index contributed by atoms with van der Waals surface area (Å²) in [5.74, 6) is -0.724. The predicted octanol–water partition coefficient (Wildman–Crippen LogP) is 2.31. The Kier molecular flexibility index (Phi) is 4.06. The van der Waals surface area contributed by atoms with Crippen molar-refractivity contribution >= 4 is 11.6 Å². The topological polar surface area (TPSA) is 74.3 Å². The van der Waals surface area contributed by atoms with Gasteiger partial charge in [0.05, 0.1) is 20.5 Å². The fraction of sp³-hybridized carbons (Fsp3) is 0.458. The summed E-state index contributed by atoms with van der Waals surface area (Å²) < 4.78 is 114. The Morgan fingerprint density at radius 3 is 2.48 bits per heavy atom. The molecule has 0 spiro atoms. The SMILES string of the molecule is [2H]c1c([2H])c(C([2H])([2H])[2H])c(NC(=O)CN2CCN(C([2H])([2H])C(O)C([2H])([2H])Oc3ccccc3OC)CC2)c(C([2H])([2H])[2H])c1[2H]. The number of anilines is 1. The maximum atomic E-state index is 13.0. The van der Waals surface area contributed by atoms with Gasteiger partial charge in [-0.25, -0.2) is 0 Å². The number of hydrogen-bond acceptors (Lipinski definition) is 6. The third-order valence-electron chi connectivity index (χ3n) is 4.53. The molecule has 2 aromatic carbocycles. The Morgan fingerprint density at radius 1 is 1.19 bits per heavy atom. The van der Waals surface area contributed by atoms with Gasteiger partial charge in [-0.3, -0.25) is 14.6 Å². The largest absolute Gasteiger partial charge is 0.493 e. The number of benzene rings is 2. The van der Waals surface area contributed by atoms with E-state index < -0.39 is 80.3 Å². The summed E-state index contributed by atoms with van der Waals surface area (Å²) in [7, 11) is 1.35. The number of β-amino-alcohol motifs (C(OH)–C–C–N with tert-alkyl or cyclic N) is 1. The van der Waals surface area contributed by atoms with Crippen LogP contribution < -0.4 is 14.8 Å². The van der Waals surface area contributed by atoms with Gasteiger partial charge < -0.3 is 19.9 Å². The van der Waals surface area contributed by atoms with Crippen LogP contribution in [0.1, 0.15) is 28.9 Å². The lowest BCUT2D eigenvalue weighted by Gasteiger charge is -2.35. The first-order chi connectivity index (χ1) is 20.1. The third kappa shape index (κ3) is 6.69. The minimum absolute atomic E-state index is 0.0404. The lowest BCUT2D eigenvalue weighted by atomic mass is 10.1. The van der Waals surface area contributed by atoms with Crippen LogP contribution in [0.3, 0.4) is 0 Å². The van der Waals surface area contributed by atoms with Crippen LogP contribution in [-0.4, -0.2) is 79.8 Å². The highest BCUT2D eigenvalue weighted by Gasteiger charge is 2.21. The minimum atomic E-state index is -3.08. The molecule has 1 heterocycles. The molecule has 31 heavy (non-hydrogen) atoms. The minimum Gasteiger partial charge on any atom is -0.493 e. The van der Waals surface area contributed by atoms with Gasteiger partial charge in [0.2, 0.25) is 5.91 Å². The number of carbonyl (C=O) groups excluding carboxylic acids is 1. The lowest BCUT2D eigenvalue weighted by Crippen LogP contribution is -2.50. The molecule has 0 aromatic heterocycles. The second-order valence-corrected chi connectivity index (χ2v) is 6.71. The second kappa shape index (κ2) is 11.1. The maximum Gasteiger partial charge on any atom is 0.238 e. The summed E-state index contributed by atoms with van der Waals surface area (Å²) in [6.45, 7) is -12.1. The molecule has 7 nitrogen and oxygen atoms in total. The molecular weight excluding hydrogens is 394 g/mol. The molecule has 1 fully saturated rings. The van der Waals surface area contributed by atoms with Crippen LogP contribution in [0.2, 0.25) is 0 Å². The van der Waals surface area contributed by atoms with E-state index >= 15 is 0 Å².